The predicted octanol–water partition coefficient (Wildman–Crippen LogP) is 1.89. The first kappa shape index (κ1) is 16.3. The quantitative estimate of drug-likeness (QED) is 0.785. The first-order valence-corrected chi connectivity index (χ1v) is 8.28. The molecular formula is C19H16N2O5. The van der Waals surface area contributed by atoms with Gasteiger partial charge >= 0.3 is 5.97 Å². The van der Waals surface area contributed by atoms with Gasteiger partial charge < -0.3 is 14.5 Å². The van der Waals surface area contributed by atoms with E-state index in [0.717, 1.165) is 18.8 Å². The fourth-order valence-corrected chi connectivity index (χ4v) is 3.02. The maximum atomic E-state index is 12.3. The summed E-state index contributed by atoms with van der Waals surface area (Å²) in [5, 5.41) is 0.517. The Morgan fingerprint density at radius 3 is 2.04 bits per heavy atom. The fraction of sp³-hybridized carbons (Fsp3) is 0.211. The number of rotatable bonds is 3. The normalized spacial score (nSPS) is 16.6. The number of ether oxygens (including phenoxy) is 1. The van der Waals surface area contributed by atoms with Crippen molar-refractivity contribution in [2.24, 2.45) is 0 Å². The maximum Gasteiger partial charge on any atom is 0.363 e. The molecule has 0 aliphatic carbocycles. The van der Waals surface area contributed by atoms with Crippen molar-refractivity contribution in [2.45, 2.75) is 0 Å². The van der Waals surface area contributed by atoms with Crippen molar-refractivity contribution in [3.63, 3.8) is 0 Å². The second-order valence-electron chi connectivity index (χ2n) is 5.98. The van der Waals surface area contributed by atoms with Crippen LogP contribution in [0.2, 0.25) is 0 Å². The zero-order chi connectivity index (χ0) is 18.1. The smallest absolute Gasteiger partial charge is 0.363 e. The van der Waals surface area contributed by atoms with Crippen molar-refractivity contribution in [3.8, 4) is 0 Å². The van der Waals surface area contributed by atoms with Crippen LogP contribution >= 0.6 is 0 Å². The molecule has 0 atom stereocenters. The summed E-state index contributed by atoms with van der Waals surface area (Å²) in [6.45, 7) is 2.92. The van der Waals surface area contributed by atoms with Crippen molar-refractivity contribution in [1.82, 2.24) is 5.06 Å². The Labute approximate surface area is 149 Å². The summed E-state index contributed by atoms with van der Waals surface area (Å²) >= 11 is 0. The molecule has 2 aliphatic rings. The van der Waals surface area contributed by atoms with Gasteiger partial charge in [0, 0.05) is 18.8 Å². The van der Waals surface area contributed by atoms with Gasteiger partial charge in [0.05, 0.1) is 29.9 Å². The number of amides is 2. The average Bonchev–Trinajstić information content (AvgIpc) is 2.94. The minimum absolute atomic E-state index is 0.230. The molecule has 2 aliphatic heterocycles. The molecule has 7 nitrogen and oxygen atoms in total. The van der Waals surface area contributed by atoms with E-state index >= 15 is 0 Å². The number of benzene rings is 2. The van der Waals surface area contributed by atoms with Crippen LogP contribution in [0.4, 0.5) is 5.69 Å². The Kier molecular flexibility index (Phi) is 4.14. The van der Waals surface area contributed by atoms with Crippen LogP contribution in [0, 0.1) is 0 Å². The highest BCUT2D eigenvalue weighted by molar-refractivity contribution is 6.21. The zero-order valence-electron chi connectivity index (χ0n) is 13.9. The van der Waals surface area contributed by atoms with Gasteiger partial charge in [0.1, 0.15) is 0 Å². The monoisotopic (exact) mass is 352 g/mol. The minimum Gasteiger partial charge on any atom is -0.378 e. The number of fused-ring (bicyclic) bond motifs is 1. The van der Waals surface area contributed by atoms with Gasteiger partial charge in [-0.3, -0.25) is 9.59 Å². The third-order valence-electron chi connectivity index (χ3n) is 4.41. The van der Waals surface area contributed by atoms with Gasteiger partial charge in [0.15, 0.2) is 0 Å². The highest BCUT2D eigenvalue weighted by atomic mass is 16.7. The second kappa shape index (κ2) is 6.61. The summed E-state index contributed by atoms with van der Waals surface area (Å²) in [7, 11) is 0. The van der Waals surface area contributed by atoms with E-state index in [1.807, 2.05) is 12.1 Å². The van der Waals surface area contributed by atoms with Gasteiger partial charge in [-0.2, -0.15) is 0 Å². The lowest BCUT2D eigenvalue weighted by molar-refractivity contribution is -0.0584. The summed E-state index contributed by atoms with van der Waals surface area (Å²) in [5.74, 6) is -2.03. The predicted molar refractivity (Wildman–Crippen MR) is 91.8 cm³/mol. The fourth-order valence-electron chi connectivity index (χ4n) is 3.02. The molecule has 7 heteroatoms. The number of morpholine rings is 1. The molecule has 0 aromatic heterocycles. The van der Waals surface area contributed by atoms with Crippen LogP contribution in [0.5, 0.6) is 0 Å². The molecule has 0 unspecified atom stereocenters. The SMILES string of the molecule is O=C(ON1C(=O)c2ccccc2C1=O)c1ccc(N2CCOCC2)cc1. The number of nitrogens with zero attached hydrogens (tertiary/aromatic N) is 2. The Morgan fingerprint density at radius 2 is 1.46 bits per heavy atom. The van der Waals surface area contributed by atoms with Crippen LogP contribution in [0.15, 0.2) is 48.5 Å². The van der Waals surface area contributed by atoms with E-state index in [4.69, 9.17) is 9.57 Å². The van der Waals surface area contributed by atoms with Crippen molar-refractivity contribution in [2.75, 3.05) is 31.2 Å². The molecule has 2 aromatic carbocycles. The standard InChI is InChI=1S/C19H16N2O5/c22-17-15-3-1-2-4-16(15)18(23)21(17)26-19(24)13-5-7-14(8-6-13)20-9-11-25-12-10-20/h1-8H,9-12H2. The van der Waals surface area contributed by atoms with Crippen LogP contribution in [-0.4, -0.2) is 49.2 Å². The summed E-state index contributed by atoms with van der Waals surface area (Å²) in [4.78, 5) is 44.0. The molecule has 0 spiro atoms. The average molecular weight is 352 g/mol. The van der Waals surface area contributed by atoms with Crippen LogP contribution < -0.4 is 4.90 Å². The van der Waals surface area contributed by atoms with Crippen LogP contribution in [-0.2, 0) is 9.57 Å². The number of hydroxylamine groups is 2. The maximum absolute atomic E-state index is 12.3. The summed E-state index contributed by atoms with van der Waals surface area (Å²) in [6.07, 6.45) is 0. The molecule has 2 aromatic rings. The lowest BCUT2D eigenvalue weighted by Gasteiger charge is -2.28. The number of imide groups is 1. The van der Waals surface area contributed by atoms with Gasteiger partial charge in [-0.1, -0.05) is 17.2 Å². The van der Waals surface area contributed by atoms with E-state index in [1.54, 1.807) is 24.3 Å². The van der Waals surface area contributed by atoms with Crippen molar-refractivity contribution >= 4 is 23.5 Å². The number of anilines is 1. The summed E-state index contributed by atoms with van der Waals surface area (Å²) in [6, 6.07) is 13.2. The third-order valence-corrected chi connectivity index (χ3v) is 4.41. The molecule has 4 rings (SSSR count). The largest absolute Gasteiger partial charge is 0.378 e. The van der Waals surface area contributed by atoms with Crippen LogP contribution in [0.3, 0.4) is 0 Å². The summed E-state index contributed by atoms with van der Waals surface area (Å²) < 4.78 is 5.32. The van der Waals surface area contributed by atoms with E-state index in [-0.39, 0.29) is 16.7 Å². The lowest BCUT2D eigenvalue weighted by atomic mass is 10.1. The Balaban J connectivity index is 1.47. The lowest BCUT2D eigenvalue weighted by Crippen LogP contribution is -2.36. The number of carbonyl (C=O) groups is 3. The van der Waals surface area contributed by atoms with Crippen molar-refractivity contribution < 1.29 is 24.0 Å². The molecule has 1 fully saturated rings. The van der Waals surface area contributed by atoms with Crippen LogP contribution in [0.1, 0.15) is 31.1 Å². The van der Waals surface area contributed by atoms with Gasteiger partial charge in [-0.25, -0.2) is 4.79 Å². The van der Waals surface area contributed by atoms with Gasteiger partial charge in [0.2, 0.25) is 0 Å². The third kappa shape index (κ3) is 2.82. The molecular weight excluding hydrogens is 336 g/mol. The Bertz CT molecular complexity index is 837. The minimum atomic E-state index is -0.756. The molecule has 0 bridgehead atoms. The Morgan fingerprint density at radius 1 is 0.885 bits per heavy atom. The van der Waals surface area contributed by atoms with Crippen molar-refractivity contribution in [3.05, 3.63) is 65.2 Å². The van der Waals surface area contributed by atoms with Gasteiger partial charge in [-0.15, -0.1) is 0 Å². The molecule has 0 N–H and O–H groups in total. The van der Waals surface area contributed by atoms with Crippen molar-refractivity contribution in [1.29, 1.82) is 0 Å². The molecule has 2 heterocycles. The zero-order valence-corrected chi connectivity index (χ0v) is 13.9. The van der Waals surface area contributed by atoms with E-state index < -0.39 is 17.8 Å². The number of carbonyl (C=O) groups excluding carboxylic acids is 3. The second-order valence-corrected chi connectivity index (χ2v) is 5.98. The topological polar surface area (TPSA) is 76.2 Å². The van der Waals surface area contributed by atoms with Gasteiger partial charge in [0.25, 0.3) is 11.8 Å². The molecule has 132 valence electrons. The molecule has 2 amide bonds. The highest BCUT2D eigenvalue weighted by Gasteiger charge is 2.38. The Hall–Kier alpha value is -3.19. The number of hydrogen-bond donors (Lipinski definition) is 0. The first-order valence-electron chi connectivity index (χ1n) is 8.28. The molecule has 1 saturated heterocycles. The molecule has 26 heavy (non-hydrogen) atoms. The van der Waals surface area contributed by atoms with E-state index in [2.05, 4.69) is 4.90 Å². The molecule has 0 saturated carbocycles. The van der Waals surface area contributed by atoms with Gasteiger partial charge in [-0.05, 0) is 36.4 Å². The van der Waals surface area contributed by atoms with E-state index in [0.29, 0.717) is 18.3 Å². The molecule has 0 radical (unpaired) electrons. The number of hydrogen-bond acceptors (Lipinski definition) is 6. The van der Waals surface area contributed by atoms with E-state index in [9.17, 15) is 14.4 Å². The highest BCUT2D eigenvalue weighted by Crippen LogP contribution is 2.24. The summed E-state index contributed by atoms with van der Waals surface area (Å²) in [5.41, 5.74) is 1.70. The van der Waals surface area contributed by atoms with Crippen LogP contribution in [0.25, 0.3) is 0 Å². The first-order chi connectivity index (χ1) is 12.6. The van der Waals surface area contributed by atoms with E-state index in [1.165, 1.54) is 12.1 Å².